The number of hydrogen-bond donors (Lipinski definition) is 0. The van der Waals surface area contributed by atoms with Gasteiger partial charge >= 0.3 is 60.1 Å². The van der Waals surface area contributed by atoms with E-state index < -0.39 is 0 Å². The fourth-order valence-electron chi connectivity index (χ4n) is 2.14. The molecule has 0 heterocycles. The van der Waals surface area contributed by atoms with E-state index in [2.05, 4.69) is 0 Å². The summed E-state index contributed by atoms with van der Waals surface area (Å²) in [6.07, 6.45) is 0. The van der Waals surface area contributed by atoms with Crippen LogP contribution in [0.25, 0.3) is 0 Å². The van der Waals surface area contributed by atoms with Gasteiger partial charge in [0.15, 0.2) is 0 Å². The minimum atomic E-state index is -0.236. The first-order chi connectivity index (χ1) is 17.2. The van der Waals surface area contributed by atoms with Crippen molar-refractivity contribution in [3.8, 4) is 23.0 Å². The van der Waals surface area contributed by atoms with Crippen molar-refractivity contribution in [2.75, 3.05) is 0 Å². The molecule has 8 nitrogen and oxygen atoms in total. The molecule has 0 fully saturated rings. The van der Waals surface area contributed by atoms with Crippen LogP contribution in [0.5, 0.6) is 23.0 Å². The summed E-state index contributed by atoms with van der Waals surface area (Å²) in [5.74, 6) is 0.389. The van der Waals surface area contributed by atoms with E-state index in [9.17, 15) is 9.59 Å². The van der Waals surface area contributed by atoms with Gasteiger partial charge in [0, 0.05) is 24.3 Å². The summed E-state index contributed by atoms with van der Waals surface area (Å²) >= 11 is 0. The molecule has 0 amide bonds. The molecular formula is C28H30BiO8+9. The molecule has 0 aliphatic carbocycles. The minimum absolute atomic E-state index is 0. The summed E-state index contributed by atoms with van der Waals surface area (Å²) in [7, 11) is 0. The van der Waals surface area contributed by atoms with Gasteiger partial charge < -0.3 is 20.4 Å². The van der Waals surface area contributed by atoms with Gasteiger partial charge in [-0.3, -0.25) is 19.2 Å². The average Bonchev–Trinajstić information content (AvgIpc) is 3.34. The first kappa shape index (κ1) is 32.6. The van der Waals surface area contributed by atoms with E-state index in [1.165, 1.54) is 48.5 Å². The van der Waals surface area contributed by atoms with Crippen molar-refractivity contribution in [3.05, 3.63) is 153 Å². The number of rotatable bonds is 0. The fraction of sp³-hybridized carbons (Fsp3) is 0. The van der Waals surface area contributed by atoms with Gasteiger partial charge in [-0.1, -0.05) is 72.8 Å². The first-order valence-electron chi connectivity index (χ1n) is 10.5. The van der Waals surface area contributed by atoms with E-state index in [-0.39, 0.29) is 70.9 Å². The summed E-state index contributed by atoms with van der Waals surface area (Å²) in [6, 6.07) is 32.1. The van der Waals surface area contributed by atoms with Crippen molar-refractivity contribution in [2.45, 2.75) is 0 Å². The van der Waals surface area contributed by atoms with Crippen LogP contribution in [-0.2, 0) is 0 Å². The average molecular weight is 704 g/mol. The molecule has 0 aromatic heterocycles. The van der Waals surface area contributed by atoms with Crippen LogP contribution in [0.2, 0.25) is 0 Å². The van der Waals surface area contributed by atoms with E-state index in [0.717, 1.165) is 0 Å². The predicted octanol–water partition coefficient (Wildman–Crippen LogP) is 0.847. The Bertz CT molecular complexity index is 1250. The third-order valence-electron chi connectivity index (χ3n) is 4.03. The van der Waals surface area contributed by atoms with Gasteiger partial charge in [-0.25, -0.2) is 0 Å². The fourth-order valence-corrected chi connectivity index (χ4v) is 2.14. The Kier molecular flexibility index (Phi) is 16.7. The Morgan fingerprint density at radius 2 is 0.622 bits per heavy atom. The van der Waals surface area contributed by atoms with Gasteiger partial charge in [0.25, 0.3) is 10.9 Å². The van der Waals surface area contributed by atoms with Crippen LogP contribution >= 0.6 is 0 Å². The zero-order valence-electron chi connectivity index (χ0n) is 19.7. The molecule has 9 heteroatoms. The second-order valence-corrected chi connectivity index (χ2v) is 6.80. The standard InChI is InChI=1S/4C7H6O2.Bi/c4*8-6-4-2-1-3-5-7(6)9;/h4*1-5H,(H,8,9);/q;;;;+3/p+6. The van der Waals surface area contributed by atoms with E-state index in [1.807, 2.05) is 0 Å². The molecule has 4 aromatic rings. The molecule has 0 bridgehead atoms. The van der Waals surface area contributed by atoms with E-state index in [4.69, 9.17) is 30.0 Å². The number of hydrogen-bond acceptors (Lipinski definition) is 2. The van der Waals surface area contributed by atoms with E-state index in [0.29, 0.717) is 0 Å². The normalized spacial score (nSPS) is 8.65. The Balaban J connectivity index is 0.000000463. The van der Waals surface area contributed by atoms with Gasteiger partial charge in [-0.2, -0.15) is 0 Å². The molecule has 37 heavy (non-hydrogen) atoms. The molecule has 4 rings (SSSR count). The summed E-state index contributed by atoms with van der Waals surface area (Å²) in [5.41, 5.74) is -0.444. The van der Waals surface area contributed by atoms with Crippen LogP contribution in [0, 0.1) is 0 Å². The topological polar surface area (TPSA) is 169 Å². The molecule has 0 spiro atoms. The summed E-state index contributed by atoms with van der Waals surface area (Å²) in [6.45, 7) is 0. The van der Waals surface area contributed by atoms with Crippen LogP contribution in [0.4, 0.5) is 0 Å². The van der Waals surface area contributed by atoms with Gasteiger partial charge in [-0.05, 0) is 12.1 Å². The van der Waals surface area contributed by atoms with Crippen molar-refractivity contribution in [2.24, 2.45) is 0 Å². The summed E-state index contributed by atoms with van der Waals surface area (Å²) in [5, 5.41) is 28.2. The molecule has 186 valence electrons. The molecule has 0 unspecified atom stereocenters. The van der Waals surface area contributed by atoms with Crippen molar-refractivity contribution in [1.29, 1.82) is 0 Å². The molecule has 0 aliphatic heterocycles. The predicted molar refractivity (Wildman–Crippen MR) is 146 cm³/mol. The van der Waals surface area contributed by atoms with Crippen LogP contribution in [0.1, 0.15) is 0 Å². The quantitative estimate of drug-likeness (QED) is 0.196. The van der Waals surface area contributed by atoms with Crippen LogP contribution in [0.3, 0.4) is 0 Å². The zero-order chi connectivity index (χ0) is 26.8. The van der Waals surface area contributed by atoms with Gasteiger partial charge in [-0.15, -0.1) is 0 Å². The van der Waals surface area contributed by atoms with Crippen molar-refractivity contribution < 1.29 is 30.0 Å². The van der Waals surface area contributed by atoms with Crippen molar-refractivity contribution in [3.63, 3.8) is 0 Å². The summed E-state index contributed by atoms with van der Waals surface area (Å²) in [4.78, 5) is 39.0. The maximum Gasteiger partial charge on any atom is 3.00 e. The molecule has 0 aliphatic rings. The second kappa shape index (κ2) is 18.9. The van der Waals surface area contributed by atoms with Crippen molar-refractivity contribution >= 4 is 26.2 Å². The van der Waals surface area contributed by atoms with E-state index >= 15 is 0 Å². The van der Waals surface area contributed by atoms with Gasteiger partial charge in [0.05, 0.1) is 12.1 Å². The Hall–Kier alpha value is -4.36. The third-order valence-corrected chi connectivity index (χ3v) is 4.03. The largest absolute Gasteiger partial charge is 3.00 e. The Morgan fingerprint density at radius 3 is 0.946 bits per heavy atom. The molecule has 2 radical (unpaired) electrons. The molecule has 10 N–H and O–H groups in total. The Morgan fingerprint density at radius 1 is 0.378 bits per heavy atom. The smallest absolute Gasteiger partial charge is 0.591 e. The SMILES string of the molecule is O=c1cccccc1[OH2+].O=c1cccccc1[OH2+].[Bi+3].[OH+]=c1cccccc1[OH2+].[OH+]=c1cccccc1[OH2+]. The molecule has 0 atom stereocenters. The maximum atomic E-state index is 10.6. The van der Waals surface area contributed by atoms with Crippen LogP contribution in [0.15, 0.2) is 131 Å². The third kappa shape index (κ3) is 14.6. The molecule has 0 saturated heterocycles. The molecular weight excluding hydrogens is 673 g/mol. The van der Waals surface area contributed by atoms with Crippen LogP contribution < -0.4 is 21.7 Å². The first-order valence-corrected chi connectivity index (χ1v) is 10.5. The van der Waals surface area contributed by atoms with Gasteiger partial charge in [0.1, 0.15) is 0 Å². The minimum Gasteiger partial charge on any atom is -0.591 e. The maximum absolute atomic E-state index is 10.6. The molecule has 4 aromatic carbocycles. The van der Waals surface area contributed by atoms with Crippen molar-refractivity contribution in [1.82, 2.24) is 0 Å². The molecule has 0 saturated carbocycles. The Labute approximate surface area is 231 Å². The van der Waals surface area contributed by atoms with E-state index in [1.54, 1.807) is 72.8 Å². The summed E-state index contributed by atoms with van der Waals surface area (Å²) < 4.78 is 0. The van der Waals surface area contributed by atoms with Crippen LogP contribution in [-0.4, -0.2) is 56.2 Å². The zero-order valence-corrected chi connectivity index (χ0v) is 23.2. The van der Waals surface area contributed by atoms with Gasteiger partial charge in [0.2, 0.25) is 0 Å². The second-order valence-electron chi connectivity index (χ2n) is 6.80. The monoisotopic (exact) mass is 703 g/mol.